The van der Waals surface area contributed by atoms with Crippen molar-refractivity contribution in [2.45, 2.75) is 19.9 Å². The van der Waals surface area contributed by atoms with Crippen LogP contribution in [0.3, 0.4) is 0 Å². The predicted molar refractivity (Wildman–Crippen MR) is 66.5 cm³/mol. The molecule has 0 aliphatic heterocycles. The Labute approximate surface area is 109 Å². The maximum absolute atomic E-state index is 13.1. The molecule has 1 N–H and O–H groups in total. The Bertz CT molecular complexity index is 479. The zero-order valence-corrected chi connectivity index (χ0v) is 10.7. The van der Waals surface area contributed by atoms with Gasteiger partial charge in [-0.25, -0.2) is 0 Å². The Kier molecular flexibility index (Phi) is 5.37. The molecule has 0 bridgehead atoms. The molecule has 1 aromatic rings. The number of benzene rings is 1. The molecular weight excluding hydrogens is 255 g/mol. The number of hydrogen-bond acceptors (Lipinski definition) is 4. The molecule has 1 amide bonds. The van der Waals surface area contributed by atoms with Gasteiger partial charge in [0.2, 0.25) is 5.82 Å². The zero-order chi connectivity index (χ0) is 14.4. The lowest BCUT2D eigenvalue weighted by molar-refractivity contribution is -0.387. The second-order valence-electron chi connectivity index (χ2n) is 3.96. The van der Waals surface area contributed by atoms with Crippen molar-refractivity contribution in [3.05, 3.63) is 39.7 Å². The first-order chi connectivity index (χ1) is 8.95. The van der Waals surface area contributed by atoms with Crippen molar-refractivity contribution >= 4 is 11.6 Å². The summed E-state index contributed by atoms with van der Waals surface area (Å²) in [6.07, 6.45) is 0. The van der Waals surface area contributed by atoms with Gasteiger partial charge in [0.25, 0.3) is 5.91 Å². The smallest absolute Gasteiger partial charge is 0.305 e. The molecule has 0 saturated carbocycles. The molecule has 6 nitrogen and oxygen atoms in total. The van der Waals surface area contributed by atoms with Crippen molar-refractivity contribution in [1.82, 2.24) is 5.32 Å². The van der Waals surface area contributed by atoms with Crippen LogP contribution in [0.2, 0.25) is 0 Å². The molecule has 19 heavy (non-hydrogen) atoms. The number of nitro groups is 1. The minimum atomic E-state index is -0.969. The van der Waals surface area contributed by atoms with E-state index in [0.717, 1.165) is 12.1 Å². The SMILES string of the molecule is CCOCC(C)NC(=O)c1ccc(F)c([N+](=O)[O-])c1. The average molecular weight is 270 g/mol. The van der Waals surface area contributed by atoms with Crippen molar-refractivity contribution in [3.63, 3.8) is 0 Å². The van der Waals surface area contributed by atoms with Crippen LogP contribution in [0.5, 0.6) is 0 Å². The fraction of sp³-hybridized carbons (Fsp3) is 0.417. The summed E-state index contributed by atoms with van der Waals surface area (Å²) in [5, 5.41) is 13.2. The van der Waals surface area contributed by atoms with E-state index in [1.54, 1.807) is 6.92 Å². The van der Waals surface area contributed by atoms with Gasteiger partial charge >= 0.3 is 5.69 Å². The lowest BCUT2D eigenvalue weighted by atomic mass is 10.1. The lowest BCUT2D eigenvalue weighted by Crippen LogP contribution is -2.35. The first-order valence-corrected chi connectivity index (χ1v) is 5.78. The van der Waals surface area contributed by atoms with E-state index >= 15 is 0 Å². The fourth-order valence-corrected chi connectivity index (χ4v) is 1.44. The van der Waals surface area contributed by atoms with E-state index in [1.165, 1.54) is 6.07 Å². The molecule has 7 heteroatoms. The number of amides is 1. The highest BCUT2D eigenvalue weighted by Gasteiger charge is 2.18. The van der Waals surface area contributed by atoms with Gasteiger partial charge in [-0.3, -0.25) is 14.9 Å². The molecule has 0 fully saturated rings. The number of nitro benzene ring substituents is 1. The number of carbonyl (C=O) groups excluding carboxylic acids is 1. The molecule has 0 saturated heterocycles. The monoisotopic (exact) mass is 270 g/mol. The molecule has 104 valence electrons. The second kappa shape index (κ2) is 6.79. The number of nitrogens with one attached hydrogen (secondary N) is 1. The summed E-state index contributed by atoms with van der Waals surface area (Å²) in [5.74, 6) is -1.47. The van der Waals surface area contributed by atoms with Crippen LogP contribution < -0.4 is 5.32 Å². The minimum Gasteiger partial charge on any atom is -0.380 e. The quantitative estimate of drug-likeness (QED) is 0.632. The van der Waals surface area contributed by atoms with Gasteiger partial charge in [-0.2, -0.15) is 4.39 Å². The van der Waals surface area contributed by atoms with Gasteiger partial charge in [0.1, 0.15) is 0 Å². The largest absolute Gasteiger partial charge is 0.380 e. The van der Waals surface area contributed by atoms with Gasteiger partial charge in [-0.05, 0) is 26.0 Å². The van der Waals surface area contributed by atoms with Gasteiger partial charge < -0.3 is 10.1 Å². The normalized spacial score (nSPS) is 11.9. The first kappa shape index (κ1) is 15.0. The van der Waals surface area contributed by atoms with Crippen molar-refractivity contribution in [3.8, 4) is 0 Å². The number of nitrogens with zero attached hydrogens (tertiary/aromatic N) is 1. The summed E-state index contributed by atoms with van der Waals surface area (Å²) in [4.78, 5) is 21.5. The molecule has 0 aromatic heterocycles. The Morgan fingerprint density at radius 2 is 2.26 bits per heavy atom. The van der Waals surface area contributed by atoms with Crippen LogP contribution >= 0.6 is 0 Å². The molecule has 1 aromatic carbocycles. The van der Waals surface area contributed by atoms with E-state index in [0.29, 0.717) is 13.2 Å². The molecule has 0 radical (unpaired) electrons. The van der Waals surface area contributed by atoms with Crippen molar-refractivity contribution in [1.29, 1.82) is 0 Å². The number of hydrogen-bond donors (Lipinski definition) is 1. The Morgan fingerprint density at radius 1 is 1.58 bits per heavy atom. The van der Waals surface area contributed by atoms with Gasteiger partial charge in [0.15, 0.2) is 0 Å². The number of carbonyl (C=O) groups is 1. The van der Waals surface area contributed by atoms with Gasteiger partial charge in [0.05, 0.1) is 11.5 Å². The molecule has 1 unspecified atom stereocenters. The molecular formula is C12H15FN2O4. The van der Waals surface area contributed by atoms with Crippen LogP contribution in [0, 0.1) is 15.9 Å². The van der Waals surface area contributed by atoms with E-state index in [2.05, 4.69) is 5.32 Å². The highest BCUT2D eigenvalue weighted by Crippen LogP contribution is 2.18. The van der Waals surface area contributed by atoms with Crippen LogP contribution in [-0.2, 0) is 4.74 Å². The summed E-state index contributed by atoms with van der Waals surface area (Å²) in [7, 11) is 0. The van der Waals surface area contributed by atoms with Crippen molar-refractivity contribution in [2.24, 2.45) is 0 Å². The Morgan fingerprint density at radius 3 is 2.84 bits per heavy atom. The predicted octanol–water partition coefficient (Wildman–Crippen LogP) is 1.89. The topological polar surface area (TPSA) is 81.5 Å². The summed E-state index contributed by atoms with van der Waals surface area (Å²) in [5.41, 5.74) is -0.679. The van der Waals surface area contributed by atoms with Crippen LogP contribution in [0.1, 0.15) is 24.2 Å². The molecule has 1 atom stereocenters. The second-order valence-corrected chi connectivity index (χ2v) is 3.96. The zero-order valence-electron chi connectivity index (χ0n) is 10.7. The lowest BCUT2D eigenvalue weighted by Gasteiger charge is -2.13. The third kappa shape index (κ3) is 4.29. The summed E-state index contributed by atoms with van der Waals surface area (Å²) in [6.45, 7) is 4.44. The maximum atomic E-state index is 13.1. The van der Waals surface area contributed by atoms with Crippen molar-refractivity contribution in [2.75, 3.05) is 13.2 Å². The maximum Gasteiger partial charge on any atom is 0.305 e. The molecule has 0 spiro atoms. The first-order valence-electron chi connectivity index (χ1n) is 5.78. The number of rotatable bonds is 6. The molecule has 0 heterocycles. The average Bonchev–Trinajstić information content (AvgIpc) is 2.36. The third-order valence-corrected chi connectivity index (χ3v) is 2.35. The van der Waals surface area contributed by atoms with E-state index in [-0.39, 0.29) is 11.6 Å². The van der Waals surface area contributed by atoms with E-state index < -0.39 is 22.3 Å². The standard InChI is InChI=1S/C12H15FN2O4/c1-3-19-7-8(2)14-12(16)9-4-5-10(13)11(6-9)15(17)18/h4-6,8H,3,7H2,1-2H3,(H,14,16). The summed E-state index contributed by atoms with van der Waals surface area (Å²) >= 11 is 0. The highest BCUT2D eigenvalue weighted by atomic mass is 19.1. The molecule has 0 aliphatic carbocycles. The van der Waals surface area contributed by atoms with Crippen LogP contribution in [-0.4, -0.2) is 30.1 Å². The fourth-order valence-electron chi connectivity index (χ4n) is 1.44. The third-order valence-electron chi connectivity index (χ3n) is 2.35. The van der Waals surface area contributed by atoms with Gasteiger partial charge in [-0.15, -0.1) is 0 Å². The van der Waals surface area contributed by atoms with Gasteiger partial charge in [-0.1, -0.05) is 0 Å². The van der Waals surface area contributed by atoms with E-state index in [4.69, 9.17) is 4.74 Å². The minimum absolute atomic E-state index is 0.0384. The Balaban J connectivity index is 2.77. The van der Waals surface area contributed by atoms with Crippen LogP contribution in [0.15, 0.2) is 18.2 Å². The molecule has 1 rings (SSSR count). The van der Waals surface area contributed by atoms with E-state index in [1.807, 2.05) is 6.92 Å². The molecule has 0 aliphatic rings. The highest BCUT2D eigenvalue weighted by molar-refractivity contribution is 5.95. The van der Waals surface area contributed by atoms with Crippen molar-refractivity contribution < 1.29 is 18.8 Å². The Hall–Kier alpha value is -2.02. The van der Waals surface area contributed by atoms with Crippen LogP contribution in [0.4, 0.5) is 10.1 Å². The summed E-state index contributed by atoms with van der Waals surface area (Å²) in [6, 6.07) is 2.78. The van der Waals surface area contributed by atoms with Crippen LogP contribution in [0.25, 0.3) is 0 Å². The summed E-state index contributed by atoms with van der Waals surface area (Å²) < 4.78 is 18.2. The number of halogens is 1. The van der Waals surface area contributed by atoms with Gasteiger partial charge in [0, 0.05) is 24.3 Å². The van der Waals surface area contributed by atoms with E-state index in [9.17, 15) is 19.3 Å². The number of ether oxygens (including phenoxy) is 1.